The van der Waals surface area contributed by atoms with Crippen LogP contribution in [0.3, 0.4) is 0 Å². The molecule has 0 radical (unpaired) electrons. The first-order chi connectivity index (χ1) is 11.2. The summed E-state index contributed by atoms with van der Waals surface area (Å²) >= 11 is 0. The van der Waals surface area contributed by atoms with Crippen molar-refractivity contribution in [2.24, 2.45) is 5.41 Å². The lowest BCUT2D eigenvalue weighted by molar-refractivity contribution is -0.117. The molecule has 0 bridgehead atoms. The van der Waals surface area contributed by atoms with Gasteiger partial charge in [0, 0.05) is 49.6 Å². The number of halogens is 1. The molecule has 2 aromatic rings. The van der Waals surface area contributed by atoms with Crippen molar-refractivity contribution in [3.63, 3.8) is 0 Å². The van der Waals surface area contributed by atoms with Crippen LogP contribution in [0.25, 0.3) is 0 Å². The third-order valence-electron chi connectivity index (χ3n) is 4.75. The highest BCUT2D eigenvalue weighted by Gasteiger charge is 2.48. The van der Waals surface area contributed by atoms with Gasteiger partial charge >= 0.3 is 0 Å². The summed E-state index contributed by atoms with van der Waals surface area (Å²) in [4.78, 5) is 24.8. The summed E-state index contributed by atoms with van der Waals surface area (Å²) in [6.45, 7) is 2.28. The van der Waals surface area contributed by atoms with Crippen LogP contribution in [0.2, 0.25) is 0 Å². The zero-order valence-electron chi connectivity index (χ0n) is 12.7. The van der Waals surface area contributed by atoms with Crippen molar-refractivity contribution < 1.29 is 9.18 Å². The smallest absolute Gasteiger partial charge is 0.227 e. The Bertz CT molecular complexity index is 738. The number of anilines is 2. The van der Waals surface area contributed by atoms with Gasteiger partial charge in [0.05, 0.1) is 6.20 Å². The zero-order valence-corrected chi connectivity index (χ0v) is 12.7. The van der Waals surface area contributed by atoms with Gasteiger partial charge in [-0.1, -0.05) is 6.07 Å². The molecule has 2 saturated heterocycles. The Morgan fingerprint density at radius 2 is 2.13 bits per heavy atom. The van der Waals surface area contributed by atoms with Crippen molar-refractivity contribution >= 4 is 17.4 Å². The average molecular weight is 312 g/mol. The fourth-order valence-corrected chi connectivity index (χ4v) is 3.63. The topological polar surface area (TPSA) is 49.3 Å². The molecule has 1 amide bonds. The first kappa shape index (κ1) is 14.1. The van der Waals surface area contributed by atoms with Crippen molar-refractivity contribution in [2.75, 3.05) is 29.4 Å². The molecule has 23 heavy (non-hydrogen) atoms. The van der Waals surface area contributed by atoms with Gasteiger partial charge in [0.2, 0.25) is 5.91 Å². The highest BCUT2D eigenvalue weighted by molar-refractivity contribution is 5.96. The molecule has 2 aliphatic rings. The predicted octanol–water partition coefficient (Wildman–Crippen LogP) is 2.25. The molecular formula is C17H17FN4O. The second-order valence-electron chi connectivity index (χ2n) is 6.37. The van der Waals surface area contributed by atoms with Crippen molar-refractivity contribution in [1.29, 1.82) is 0 Å². The van der Waals surface area contributed by atoms with Gasteiger partial charge in [0.25, 0.3) is 0 Å². The fourth-order valence-electron chi connectivity index (χ4n) is 3.63. The van der Waals surface area contributed by atoms with Crippen LogP contribution in [-0.4, -0.2) is 35.5 Å². The molecule has 6 heteroatoms. The van der Waals surface area contributed by atoms with E-state index in [2.05, 4.69) is 14.9 Å². The van der Waals surface area contributed by atoms with Gasteiger partial charge in [-0.2, -0.15) is 0 Å². The van der Waals surface area contributed by atoms with Crippen molar-refractivity contribution in [3.05, 3.63) is 48.7 Å². The number of hydrogen-bond acceptors (Lipinski definition) is 4. The minimum absolute atomic E-state index is 0.0663. The summed E-state index contributed by atoms with van der Waals surface area (Å²) in [5, 5.41) is 0. The van der Waals surface area contributed by atoms with Gasteiger partial charge in [-0.05, 0) is 24.6 Å². The Balaban J connectivity index is 1.54. The van der Waals surface area contributed by atoms with Crippen molar-refractivity contribution in [3.8, 4) is 0 Å². The van der Waals surface area contributed by atoms with E-state index in [1.165, 1.54) is 12.1 Å². The minimum atomic E-state index is -0.316. The van der Waals surface area contributed by atoms with E-state index in [1.54, 1.807) is 35.6 Å². The van der Waals surface area contributed by atoms with Gasteiger partial charge in [0.15, 0.2) is 0 Å². The molecule has 1 spiro atoms. The predicted molar refractivity (Wildman–Crippen MR) is 84.7 cm³/mol. The van der Waals surface area contributed by atoms with Crippen LogP contribution < -0.4 is 9.80 Å². The summed E-state index contributed by atoms with van der Waals surface area (Å²) in [5.74, 6) is 0.599. The molecule has 5 nitrogen and oxygen atoms in total. The molecule has 0 saturated carbocycles. The average Bonchev–Trinajstić information content (AvgIpc) is 3.12. The molecule has 2 fully saturated rings. The normalized spacial score (nSPS) is 24.0. The van der Waals surface area contributed by atoms with Crippen LogP contribution >= 0.6 is 0 Å². The third-order valence-corrected chi connectivity index (χ3v) is 4.75. The molecule has 1 atom stereocenters. The molecule has 1 aromatic heterocycles. The van der Waals surface area contributed by atoms with Gasteiger partial charge in [-0.3, -0.25) is 9.78 Å². The molecule has 0 aliphatic carbocycles. The van der Waals surface area contributed by atoms with Crippen LogP contribution in [-0.2, 0) is 4.79 Å². The second-order valence-corrected chi connectivity index (χ2v) is 6.37. The van der Waals surface area contributed by atoms with Crippen LogP contribution in [0.4, 0.5) is 15.9 Å². The van der Waals surface area contributed by atoms with Crippen LogP contribution in [0, 0.1) is 11.2 Å². The van der Waals surface area contributed by atoms with Crippen molar-refractivity contribution in [1.82, 2.24) is 9.97 Å². The maximum absolute atomic E-state index is 13.4. The van der Waals surface area contributed by atoms with E-state index in [0.29, 0.717) is 18.7 Å². The summed E-state index contributed by atoms with van der Waals surface area (Å²) in [5.41, 5.74) is 0.561. The molecule has 118 valence electrons. The van der Waals surface area contributed by atoms with E-state index in [4.69, 9.17) is 0 Å². The highest BCUT2D eigenvalue weighted by atomic mass is 19.1. The monoisotopic (exact) mass is 312 g/mol. The van der Waals surface area contributed by atoms with E-state index in [1.807, 2.05) is 0 Å². The molecule has 3 heterocycles. The summed E-state index contributed by atoms with van der Waals surface area (Å²) in [6.07, 6.45) is 6.51. The van der Waals surface area contributed by atoms with Crippen LogP contribution in [0.5, 0.6) is 0 Å². The van der Waals surface area contributed by atoms with Gasteiger partial charge in [-0.15, -0.1) is 0 Å². The van der Waals surface area contributed by atoms with E-state index < -0.39 is 0 Å². The lowest BCUT2D eigenvalue weighted by atomic mass is 9.86. The number of carbonyl (C=O) groups excluding carboxylic acids is 1. The summed E-state index contributed by atoms with van der Waals surface area (Å²) in [6, 6.07) is 6.25. The van der Waals surface area contributed by atoms with Gasteiger partial charge < -0.3 is 9.80 Å². The number of rotatable bonds is 2. The third kappa shape index (κ3) is 2.54. The molecular weight excluding hydrogens is 295 g/mol. The largest absolute Gasteiger partial charge is 0.355 e. The lowest BCUT2D eigenvalue weighted by Crippen LogP contribution is -2.31. The summed E-state index contributed by atoms with van der Waals surface area (Å²) in [7, 11) is 0. The number of nitrogens with zero attached hydrogens (tertiary/aromatic N) is 4. The van der Waals surface area contributed by atoms with Crippen LogP contribution in [0.15, 0.2) is 42.9 Å². The van der Waals surface area contributed by atoms with Crippen molar-refractivity contribution in [2.45, 2.75) is 12.8 Å². The summed E-state index contributed by atoms with van der Waals surface area (Å²) < 4.78 is 13.4. The van der Waals surface area contributed by atoms with Crippen LogP contribution in [0.1, 0.15) is 12.8 Å². The standard InChI is InChI=1S/C17H17FN4O/c18-13-2-1-3-14(8-13)22-12-17(9-16(22)23)4-7-21(11-17)15-10-19-5-6-20-15/h1-3,5-6,8,10H,4,7,9,11-12H2. The maximum atomic E-state index is 13.4. The van der Waals surface area contributed by atoms with Gasteiger partial charge in [-0.25, -0.2) is 9.37 Å². The molecule has 2 aliphatic heterocycles. The number of amides is 1. The first-order valence-electron chi connectivity index (χ1n) is 7.72. The Labute approximate surface area is 133 Å². The quantitative estimate of drug-likeness (QED) is 0.853. The number of benzene rings is 1. The Hall–Kier alpha value is -2.50. The van der Waals surface area contributed by atoms with E-state index in [9.17, 15) is 9.18 Å². The number of carbonyl (C=O) groups is 1. The van der Waals surface area contributed by atoms with Gasteiger partial charge in [0.1, 0.15) is 11.6 Å². The molecule has 1 aromatic carbocycles. The number of aromatic nitrogens is 2. The Morgan fingerprint density at radius 1 is 1.22 bits per heavy atom. The fraction of sp³-hybridized carbons (Fsp3) is 0.353. The molecule has 0 N–H and O–H groups in total. The van der Waals surface area contributed by atoms with E-state index in [-0.39, 0.29) is 17.1 Å². The Morgan fingerprint density at radius 3 is 2.91 bits per heavy atom. The Kier molecular flexibility index (Phi) is 3.25. The highest BCUT2D eigenvalue weighted by Crippen LogP contribution is 2.42. The zero-order chi connectivity index (χ0) is 15.9. The second kappa shape index (κ2) is 5.30. The maximum Gasteiger partial charge on any atom is 0.227 e. The molecule has 4 rings (SSSR count). The molecule has 1 unspecified atom stereocenters. The van der Waals surface area contributed by atoms with E-state index >= 15 is 0 Å². The first-order valence-corrected chi connectivity index (χ1v) is 7.72. The van der Waals surface area contributed by atoms with E-state index in [0.717, 1.165) is 25.3 Å². The minimum Gasteiger partial charge on any atom is -0.355 e. The number of hydrogen-bond donors (Lipinski definition) is 0. The SMILES string of the molecule is O=C1CC2(CCN(c3cnccn3)C2)CN1c1cccc(F)c1. The lowest BCUT2D eigenvalue weighted by Gasteiger charge is -2.24.